The van der Waals surface area contributed by atoms with Gasteiger partial charge in [-0.3, -0.25) is 4.79 Å². The minimum absolute atomic E-state index is 0.133. The van der Waals surface area contributed by atoms with Crippen molar-refractivity contribution in [3.05, 3.63) is 17.9 Å². The predicted octanol–water partition coefficient (Wildman–Crippen LogP) is 1.44. The van der Waals surface area contributed by atoms with Gasteiger partial charge in [-0.1, -0.05) is 13.3 Å². The highest BCUT2D eigenvalue weighted by Gasteiger charge is 2.33. The molecule has 8 heteroatoms. The number of carboxylic acids is 1. The lowest BCUT2D eigenvalue weighted by molar-refractivity contribution is -0.121. The van der Waals surface area contributed by atoms with Gasteiger partial charge in [-0.15, -0.1) is 0 Å². The van der Waals surface area contributed by atoms with Crippen LogP contribution in [0.4, 0.5) is 0 Å². The Balaban J connectivity index is 2.90. The molecular weight excluding hydrogens is 298 g/mol. The van der Waals surface area contributed by atoms with Crippen molar-refractivity contribution in [1.82, 2.24) is 5.32 Å². The summed E-state index contributed by atoms with van der Waals surface area (Å²) in [4.78, 5) is 22.6. The summed E-state index contributed by atoms with van der Waals surface area (Å²) >= 11 is 0. The fourth-order valence-corrected chi connectivity index (χ4v) is 2.93. The average Bonchev–Trinajstić information content (AvgIpc) is 2.88. The zero-order valence-electron chi connectivity index (χ0n) is 12.1. The number of rotatable bonds is 7. The Morgan fingerprint density at radius 3 is 2.43 bits per heavy atom. The van der Waals surface area contributed by atoms with E-state index >= 15 is 0 Å². The molecule has 0 saturated heterocycles. The van der Waals surface area contributed by atoms with Crippen LogP contribution in [-0.2, 0) is 14.6 Å². The van der Waals surface area contributed by atoms with Gasteiger partial charge in [0.1, 0.15) is 5.25 Å². The van der Waals surface area contributed by atoms with Crippen molar-refractivity contribution in [3.8, 4) is 0 Å². The van der Waals surface area contributed by atoms with Crippen molar-refractivity contribution in [2.75, 3.05) is 0 Å². The number of hydrogen-bond donors (Lipinski definition) is 2. The van der Waals surface area contributed by atoms with Gasteiger partial charge >= 0.3 is 5.97 Å². The maximum absolute atomic E-state index is 12.2. The molecule has 1 heterocycles. The zero-order chi connectivity index (χ0) is 16.2. The molecule has 0 radical (unpaired) electrons. The predicted molar refractivity (Wildman–Crippen MR) is 74.8 cm³/mol. The van der Waals surface area contributed by atoms with Crippen LogP contribution in [-0.4, -0.2) is 36.7 Å². The lowest BCUT2D eigenvalue weighted by atomic mass is 10.2. The van der Waals surface area contributed by atoms with Gasteiger partial charge in [-0.05, 0) is 32.4 Å². The van der Waals surface area contributed by atoms with Crippen LogP contribution in [0.1, 0.15) is 44.2 Å². The third kappa shape index (κ3) is 4.07. The van der Waals surface area contributed by atoms with Gasteiger partial charge in [0.2, 0.25) is 26.6 Å². The van der Waals surface area contributed by atoms with Gasteiger partial charge in [0.15, 0.2) is 0 Å². The Morgan fingerprint density at radius 2 is 1.95 bits per heavy atom. The molecule has 0 bridgehead atoms. The number of aromatic carboxylic acids is 1. The quantitative estimate of drug-likeness (QED) is 0.786. The Hall–Kier alpha value is -1.83. The molecule has 0 aliphatic carbocycles. The minimum Gasteiger partial charge on any atom is -0.475 e. The van der Waals surface area contributed by atoms with E-state index < -0.39 is 37.8 Å². The smallest absolute Gasteiger partial charge is 0.371 e. The van der Waals surface area contributed by atoms with Crippen LogP contribution in [0.2, 0.25) is 0 Å². The summed E-state index contributed by atoms with van der Waals surface area (Å²) in [5, 5.41) is 9.45. The van der Waals surface area contributed by atoms with Gasteiger partial charge in [0, 0.05) is 6.04 Å². The van der Waals surface area contributed by atoms with E-state index in [1.807, 2.05) is 6.92 Å². The largest absolute Gasteiger partial charge is 0.475 e. The van der Waals surface area contributed by atoms with Crippen molar-refractivity contribution in [2.45, 2.75) is 50.0 Å². The maximum atomic E-state index is 12.2. The second-order valence-corrected chi connectivity index (χ2v) is 7.01. The molecule has 1 amide bonds. The maximum Gasteiger partial charge on any atom is 0.371 e. The molecule has 21 heavy (non-hydrogen) atoms. The van der Waals surface area contributed by atoms with Crippen LogP contribution >= 0.6 is 0 Å². The van der Waals surface area contributed by atoms with Crippen molar-refractivity contribution in [3.63, 3.8) is 0 Å². The molecule has 118 valence electrons. The highest BCUT2D eigenvalue weighted by Crippen LogP contribution is 2.19. The van der Waals surface area contributed by atoms with Crippen molar-refractivity contribution < 1.29 is 27.5 Å². The SMILES string of the molecule is CCCC(C)NC(=O)C(C)S(=O)(=O)c1ccc(C(=O)O)o1. The summed E-state index contributed by atoms with van der Waals surface area (Å²) < 4.78 is 29.2. The molecule has 2 N–H and O–H groups in total. The number of hydrogen-bond acceptors (Lipinski definition) is 5. The van der Waals surface area contributed by atoms with Crippen LogP contribution in [0, 0.1) is 0 Å². The highest BCUT2D eigenvalue weighted by molar-refractivity contribution is 7.92. The summed E-state index contributed by atoms with van der Waals surface area (Å²) in [5.41, 5.74) is 0. The number of sulfone groups is 1. The van der Waals surface area contributed by atoms with Gasteiger partial charge in [0.25, 0.3) is 0 Å². The fourth-order valence-electron chi connectivity index (χ4n) is 1.77. The van der Waals surface area contributed by atoms with E-state index in [0.29, 0.717) is 0 Å². The number of nitrogens with one attached hydrogen (secondary N) is 1. The van der Waals surface area contributed by atoms with E-state index in [1.54, 1.807) is 6.92 Å². The van der Waals surface area contributed by atoms with Gasteiger partial charge in [-0.2, -0.15) is 0 Å². The number of furan rings is 1. The van der Waals surface area contributed by atoms with Crippen LogP contribution < -0.4 is 5.32 Å². The normalized spacial score (nSPS) is 14.4. The average molecular weight is 317 g/mol. The summed E-state index contributed by atoms with van der Waals surface area (Å²) in [7, 11) is -4.05. The molecule has 0 spiro atoms. The molecular formula is C13H19NO6S. The fraction of sp³-hybridized carbons (Fsp3) is 0.538. The minimum atomic E-state index is -4.05. The molecule has 0 aliphatic rings. The third-order valence-electron chi connectivity index (χ3n) is 3.02. The van der Waals surface area contributed by atoms with Gasteiger partial charge in [0.05, 0.1) is 0 Å². The molecule has 2 unspecified atom stereocenters. The molecule has 7 nitrogen and oxygen atoms in total. The highest BCUT2D eigenvalue weighted by atomic mass is 32.2. The van der Waals surface area contributed by atoms with Crippen LogP contribution in [0.15, 0.2) is 21.6 Å². The summed E-state index contributed by atoms with van der Waals surface area (Å²) in [6.07, 6.45) is 1.60. The van der Waals surface area contributed by atoms with Gasteiger partial charge in [-0.25, -0.2) is 13.2 Å². The molecule has 1 aromatic heterocycles. The molecule has 2 atom stereocenters. The topological polar surface area (TPSA) is 114 Å². The Morgan fingerprint density at radius 1 is 1.33 bits per heavy atom. The first-order valence-electron chi connectivity index (χ1n) is 6.57. The van der Waals surface area contributed by atoms with E-state index in [4.69, 9.17) is 9.52 Å². The van der Waals surface area contributed by atoms with Crippen molar-refractivity contribution >= 4 is 21.7 Å². The number of amides is 1. The second-order valence-electron chi connectivity index (χ2n) is 4.81. The first-order valence-corrected chi connectivity index (χ1v) is 8.12. The molecule has 0 aromatic carbocycles. The number of carbonyl (C=O) groups excluding carboxylic acids is 1. The van der Waals surface area contributed by atoms with E-state index in [1.165, 1.54) is 6.92 Å². The summed E-state index contributed by atoms with van der Waals surface area (Å²) in [5.74, 6) is -2.49. The Bertz CT molecular complexity index is 618. The van der Waals surface area contributed by atoms with Gasteiger partial charge < -0.3 is 14.8 Å². The Kier molecular flexibility index (Phi) is 5.54. The van der Waals surface area contributed by atoms with Crippen LogP contribution in [0.3, 0.4) is 0 Å². The van der Waals surface area contributed by atoms with E-state index in [2.05, 4.69) is 5.32 Å². The van der Waals surface area contributed by atoms with Crippen molar-refractivity contribution in [2.24, 2.45) is 0 Å². The molecule has 1 rings (SSSR count). The second kappa shape index (κ2) is 6.75. The number of carbonyl (C=O) groups is 2. The third-order valence-corrected chi connectivity index (χ3v) is 4.94. The monoisotopic (exact) mass is 317 g/mol. The van der Waals surface area contributed by atoms with E-state index in [0.717, 1.165) is 25.0 Å². The molecule has 1 aromatic rings. The first kappa shape index (κ1) is 17.2. The molecule has 0 aliphatic heterocycles. The van der Waals surface area contributed by atoms with Crippen LogP contribution in [0.25, 0.3) is 0 Å². The van der Waals surface area contributed by atoms with Crippen LogP contribution in [0.5, 0.6) is 0 Å². The molecule has 0 fully saturated rings. The lowest BCUT2D eigenvalue weighted by Gasteiger charge is -2.16. The lowest BCUT2D eigenvalue weighted by Crippen LogP contribution is -2.42. The standard InChI is InChI=1S/C13H19NO6S/c1-4-5-8(2)14-12(15)9(3)21(18,19)11-7-6-10(20-11)13(16)17/h6-9H,4-5H2,1-3H3,(H,14,15)(H,16,17). The number of carboxylic acid groups (broad SMARTS) is 1. The molecule has 0 saturated carbocycles. The summed E-state index contributed by atoms with van der Waals surface area (Å²) in [6, 6.07) is 1.95. The summed E-state index contributed by atoms with van der Waals surface area (Å²) in [6.45, 7) is 4.99. The zero-order valence-corrected chi connectivity index (χ0v) is 12.9. The first-order chi connectivity index (χ1) is 9.70. The van der Waals surface area contributed by atoms with E-state index in [9.17, 15) is 18.0 Å². The van der Waals surface area contributed by atoms with Crippen molar-refractivity contribution in [1.29, 1.82) is 0 Å². The van der Waals surface area contributed by atoms with E-state index in [-0.39, 0.29) is 6.04 Å². The Labute approximate surface area is 123 Å².